The van der Waals surface area contributed by atoms with E-state index < -0.39 is 0 Å². The fourth-order valence-corrected chi connectivity index (χ4v) is 2.85. The first-order valence-electron chi connectivity index (χ1n) is 6.50. The van der Waals surface area contributed by atoms with E-state index in [4.69, 9.17) is 19.7 Å². The van der Waals surface area contributed by atoms with Gasteiger partial charge in [0.15, 0.2) is 0 Å². The highest BCUT2D eigenvalue weighted by Crippen LogP contribution is 2.45. The van der Waals surface area contributed by atoms with E-state index in [1.807, 2.05) is 6.07 Å². The van der Waals surface area contributed by atoms with Crippen LogP contribution in [0.25, 0.3) is 11.4 Å². The van der Waals surface area contributed by atoms with Gasteiger partial charge < -0.3 is 19.7 Å². The Morgan fingerprint density at radius 1 is 1.29 bits per heavy atom. The summed E-state index contributed by atoms with van der Waals surface area (Å²) in [6.07, 6.45) is 0. The number of hydrogen-bond donors (Lipinski definition) is 1. The molecule has 0 saturated carbocycles. The van der Waals surface area contributed by atoms with Crippen molar-refractivity contribution in [1.82, 2.24) is 10.1 Å². The van der Waals surface area contributed by atoms with E-state index in [0.717, 1.165) is 21.3 Å². The first kappa shape index (κ1) is 15.8. The first-order chi connectivity index (χ1) is 10.0. The molecule has 0 fully saturated rings. The molecule has 0 bridgehead atoms. The van der Waals surface area contributed by atoms with Gasteiger partial charge in [-0.2, -0.15) is 4.98 Å². The Kier molecular flexibility index (Phi) is 4.84. The molecule has 0 spiro atoms. The molecule has 0 unspecified atom stereocenters. The molecule has 2 rings (SSSR count). The summed E-state index contributed by atoms with van der Waals surface area (Å²) in [5.41, 5.74) is 7.27. The number of nitrogens with zero attached hydrogens (tertiary/aromatic N) is 2. The molecule has 1 heterocycles. The summed E-state index contributed by atoms with van der Waals surface area (Å²) in [5, 5.41) is 3.96. The smallest absolute Gasteiger partial charge is 0.240 e. The van der Waals surface area contributed by atoms with Gasteiger partial charge in [-0.1, -0.05) is 19.0 Å². The van der Waals surface area contributed by atoms with E-state index >= 15 is 0 Å². The van der Waals surface area contributed by atoms with Crippen molar-refractivity contribution in [2.24, 2.45) is 5.73 Å². The lowest BCUT2D eigenvalue weighted by Crippen LogP contribution is -2.01. The van der Waals surface area contributed by atoms with Crippen LogP contribution in [0.2, 0.25) is 0 Å². The summed E-state index contributed by atoms with van der Waals surface area (Å²) in [4.78, 5) is 4.26. The quantitative estimate of drug-likeness (QED) is 0.886. The number of methoxy groups -OCH3 is 2. The van der Waals surface area contributed by atoms with E-state index in [1.54, 1.807) is 14.2 Å². The van der Waals surface area contributed by atoms with E-state index in [9.17, 15) is 0 Å². The largest absolute Gasteiger partial charge is 0.495 e. The van der Waals surface area contributed by atoms with Crippen LogP contribution in [0, 0.1) is 0 Å². The molecule has 1 aromatic heterocycles. The monoisotopic (exact) mass is 355 g/mol. The van der Waals surface area contributed by atoms with Crippen molar-refractivity contribution in [2.45, 2.75) is 26.3 Å². The highest BCUT2D eigenvalue weighted by molar-refractivity contribution is 9.10. The third kappa shape index (κ3) is 2.89. The molecular weight excluding hydrogens is 338 g/mol. The summed E-state index contributed by atoms with van der Waals surface area (Å²) >= 11 is 3.53. The van der Waals surface area contributed by atoms with E-state index in [2.05, 4.69) is 39.9 Å². The molecule has 7 heteroatoms. The number of halogens is 1. The summed E-state index contributed by atoms with van der Waals surface area (Å²) in [7, 11) is 3.22. The van der Waals surface area contributed by atoms with Gasteiger partial charge in [0, 0.05) is 0 Å². The van der Waals surface area contributed by atoms with Crippen LogP contribution < -0.4 is 15.2 Å². The zero-order chi connectivity index (χ0) is 15.6. The van der Waals surface area contributed by atoms with Gasteiger partial charge in [0.25, 0.3) is 0 Å². The van der Waals surface area contributed by atoms with Gasteiger partial charge in [-0.15, -0.1) is 0 Å². The van der Waals surface area contributed by atoms with Crippen molar-refractivity contribution in [2.75, 3.05) is 14.2 Å². The molecule has 0 amide bonds. The molecular formula is C14H18BrN3O3. The number of rotatable bonds is 5. The lowest BCUT2D eigenvalue weighted by Gasteiger charge is -2.18. The Bertz CT molecular complexity index is 641. The normalized spacial score (nSPS) is 11.0. The van der Waals surface area contributed by atoms with Crippen molar-refractivity contribution in [3.05, 3.63) is 22.0 Å². The van der Waals surface area contributed by atoms with E-state index in [1.165, 1.54) is 0 Å². The third-order valence-corrected chi connectivity index (χ3v) is 3.84. The standard InChI is InChI=1S/C14H18BrN3O3/c1-7(2)8-5-9(14-17-10(6-16)21-18-14)13(20-4)11(15)12(8)19-3/h5,7H,6,16H2,1-4H3. The molecule has 0 aliphatic rings. The van der Waals surface area contributed by atoms with Gasteiger partial charge in [0.1, 0.15) is 16.0 Å². The van der Waals surface area contributed by atoms with Crippen molar-refractivity contribution >= 4 is 15.9 Å². The fraction of sp³-hybridized carbons (Fsp3) is 0.429. The Labute approximate surface area is 131 Å². The highest BCUT2D eigenvalue weighted by atomic mass is 79.9. The van der Waals surface area contributed by atoms with Crippen molar-refractivity contribution in [3.63, 3.8) is 0 Å². The molecule has 21 heavy (non-hydrogen) atoms. The Hall–Kier alpha value is -1.60. The Morgan fingerprint density at radius 2 is 1.95 bits per heavy atom. The van der Waals surface area contributed by atoms with Gasteiger partial charge in [0.2, 0.25) is 11.7 Å². The highest BCUT2D eigenvalue weighted by Gasteiger charge is 2.23. The number of aromatic nitrogens is 2. The van der Waals surface area contributed by atoms with Gasteiger partial charge in [-0.05, 0) is 33.5 Å². The summed E-state index contributed by atoms with van der Waals surface area (Å²) in [6, 6.07) is 1.96. The first-order valence-corrected chi connectivity index (χ1v) is 7.30. The molecule has 2 N–H and O–H groups in total. The zero-order valence-corrected chi connectivity index (χ0v) is 14.0. The third-order valence-electron chi connectivity index (χ3n) is 3.12. The van der Waals surface area contributed by atoms with Gasteiger partial charge in [-0.25, -0.2) is 0 Å². The molecule has 0 radical (unpaired) electrons. The van der Waals surface area contributed by atoms with Crippen molar-refractivity contribution < 1.29 is 14.0 Å². The minimum absolute atomic E-state index is 0.198. The molecule has 0 atom stereocenters. The Balaban J connectivity index is 2.69. The minimum Gasteiger partial charge on any atom is -0.495 e. The predicted molar refractivity (Wildman–Crippen MR) is 82.5 cm³/mol. The maximum atomic E-state index is 5.51. The van der Waals surface area contributed by atoms with Crippen LogP contribution in [0.4, 0.5) is 0 Å². The van der Waals surface area contributed by atoms with Gasteiger partial charge in [-0.3, -0.25) is 0 Å². The van der Waals surface area contributed by atoms with Crippen LogP contribution in [0.3, 0.4) is 0 Å². The molecule has 114 valence electrons. The lowest BCUT2D eigenvalue weighted by atomic mass is 9.98. The molecule has 1 aromatic carbocycles. The van der Waals surface area contributed by atoms with Crippen molar-refractivity contribution in [1.29, 1.82) is 0 Å². The molecule has 6 nitrogen and oxygen atoms in total. The Morgan fingerprint density at radius 3 is 2.43 bits per heavy atom. The minimum atomic E-state index is 0.198. The molecule has 0 aliphatic heterocycles. The molecule has 0 aliphatic carbocycles. The molecule has 0 saturated heterocycles. The average Bonchev–Trinajstić information content (AvgIpc) is 2.94. The topological polar surface area (TPSA) is 83.4 Å². The van der Waals surface area contributed by atoms with E-state index in [0.29, 0.717) is 17.5 Å². The van der Waals surface area contributed by atoms with Crippen LogP contribution in [0.1, 0.15) is 31.2 Å². The van der Waals surface area contributed by atoms with Gasteiger partial charge >= 0.3 is 0 Å². The van der Waals surface area contributed by atoms with Crippen LogP contribution in [-0.4, -0.2) is 24.4 Å². The second-order valence-electron chi connectivity index (χ2n) is 4.76. The number of nitrogens with two attached hydrogens (primary N) is 1. The average molecular weight is 356 g/mol. The maximum Gasteiger partial charge on any atom is 0.240 e. The fourth-order valence-electron chi connectivity index (χ4n) is 2.08. The second-order valence-corrected chi connectivity index (χ2v) is 5.56. The van der Waals surface area contributed by atoms with Gasteiger partial charge in [0.05, 0.1) is 26.3 Å². The van der Waals surface area contributed by atoms with Crippen LogP contribution in [0.5, 0.6) is 11.5 Å². The van der Waals surface area contributed by atoms with Crippen molar-refractivity contribution in [3.8, 4) is 22.9 Å². The van der Waals surface area contributed by atoms with Crippen LogP contribution in [-0.2, 0) is 6.54 Å². The van der Waals surface area contributed by atoms with Crippen LogP contribution in [0.15, 0.2) is 15.1 Å². The second kappa shape index (κ2) is 6.44. The molecule has 2 aromatic rings. The predicted octanol–water partition coefficient (Wildman–Crippen LogP) is 3.10. The lowest BCUT2D eigenvalue weighted by molar-refractivity contribution is 0.378. The summed E-state index contributed by atoms with van der Waals surface area (Å²) in [6.45, 7) is 4.37. The number of ether oxygens (including phenoxy) is 2. The zero-order valence-electron chi connectivity index (χ0n) is 12.4. The number of hydrogen-bond acceptors (Lipinski definition) is 6. The number of benzene rings is 1. The summed E-state index contributed by atoms with van der Waals surface area (Å²) < 4.78 is 16.8. The van der Waals surface area contributed by atoms with Crippen LogP contribution >= 0.6 is 15.9 Å². The SMILES string of the molecule is COc1c(-c2noc(CN)n2)cc(C(C)C)c(OC)c1Br. The van der Waals surface area contributed by atoms with E-state index in [-0.39, 0.29) is 12.5 Å². The summed E-state index contributed by atoms with van der Waals surface area (Å²) in [5.74, 6) is 2.43. The maximum absolute atomic E-state index is 5.51.